The second-order valence-corrected chi connectivity index (χ2v) is 8.39. The number of benzene rings is 2. The molecule has 1 aromatic heterocycles. The van der Waals surface area contributed by atoms with E-state index in [0.29, 0.717) is 24.4 Å². The average molecular weight is 479 g/mol. The lowest BCUT2D eigenvalue weighted by Crippen LogP contribution is -2.36. The zero-order chi connectivity index (χ0) is 24.9. The number of aromatic amines is 1. The van der Waals surface area contributed by atoms with Crippen molar-refractivity contribution in [2.45, 2.75) is 25.4 Å². The lowest BCUT2D eigenvalue weighted by Gasteiger charge is -2.28. The minimum absolute atomic E-state index is 0.0304. The second-order valence-electron chi connectivity index (χ2n) is 8.39. The quantitative estimate of drug-likeness (QED) is 0.464. The van der Waals surface area contributed by atoms with Gasteiger partial charge < -0.3 is 25.0 Å². The first-order valence-corrected chi connectivity index (χ1v) is 11.1. The molecule has 3 N–H and O–H groups in total. The Morgan fingerprint density at radius 2 is 1.86 bits per heavy atom. The third-order valence-corrected chi connectivity index (χ3v) is 5.59. The summed E-state index contributed by atoms with van der Waals surface area (Å²) in [6, 6.07) is 13.5. The van der Waals surface area contributed by atoms with Crippen LogP contribution in [0.15, 0.2) is 53.3 Å². The number of carboxylic acids is 1. The van der Waals surface area contributed by atoms with Gasteiger partial charge in [0.15, 0.2) is 0 Å². The number of ether oxygens (including phenoxy) is 1. The molecule has 2 heterocycles. The molecule has 1 atom stereocenters. The molecule has 1 aliphatic rings. The van der Waals surface area contributed by atoms with Gasteiger partial charge >= 0.3 is 17.8 Å². The number of amides is 1. The predicted molar refractivity (Wildman–Crippen MR) is 129 cm³/mol. The molecule has 0 saturated heterocycles. The molecular formula is C24H26N6O5. The fourth-order valence-electron chi connectivity index (χ4n) is 3.74. The van der Waals surface area contributed by atoms with E-state index in [1.54, 1.807) is 38.4 Å². The number of hydrogen-bond acceptors (Lipinski definition) is 8. The van der Waals surface area contributed by atoms with Gasteiger partial charge in [0.1, 0.15) is 11.8 Å². The highest BCUT2D eigenvalue weighted by atomic mass is 16.6. The summed E-state index contributed by atoms with van der Waals surface area (Å²) in [5.41, 5.74) is 2.46. The number of H-pyrrole nitrogens is 1. The van der Waals surface area contributed by atoms with E-state index >= 15 is 0 Å². The number of nitrogens with one attached hydrogen (secondary N) is 2. The normalized spacial score (nSPS) is 13.5. The van der Waals surface area contributed by atoms with Gasteiger partial charge in [0, 0.05) is 33.6 Å². The highest BCUT2D eigenvalue weighted by Crippen LogP contribution is 2.22. The smallest absolute Gasteiger partial charge is 0.414 e. The summed E-state index contributed by atoms with van der Waals surface area (Å²) in [4.78, 5) is 49.8. The number of fused-ring (bicyclic) bond motifs is 1. The summed E-state index contributed by atoms with van der Waals surface area (Å²) in [5, 5.41) is 12.5. The van der Waals surface area contributed by atoms with E-state index in [2.05, 4.69) is 26.3 Å². The fourth-order valence-corrected chi connectivity index (χ4v) is 3.74. The van der Waals surface area contributed by atoms with Crippen LogP contribution in [0.25, 0.3) is 0 Å². The van der Waals surface area contributed by atoms with Gasteiger partial charge in [-0.3, -0.25) is 4.98 Å². The SMILES string of the molecule is CN(C)C(=O)Oc1ccc(C[C@H](Nc2nc(N3CCc4ccccc4C3)nc(=O)[nH]2)C(=O)O)cc1. The number of anilines is 2. The first-order chi connectivity index (χ1) is 16.8. The van der Waals surface area contributed by atoms with E-state index in [9.17, 15) is 19.5 Å². The third-order valence-electron chi connectivity index (χ3n) is 5.59. The van der Waals surface area contributed by atoms with Crippen molar-refractivity contribution in [1.29, 1.82) is 0 Å². The van der Waals surface area contributed by atoms with E-state index in [1.165, 1.54) is 10.5 Å². The lowest BCUT2D eigenvalue weighted by molar-refractivity contribution is -0.137. The van der Waals surface area contributed by atoms with E-state index in [-0.39, 0.29) is 18.3 Å². The summed E-state index contributed by atoms with van der Waals surface area (Å²) < 4.78 is 5.18. The Hall–Kier alpha value is -4.41. The molecule has 0 spiro atoms. The van der Waals surface area contributed by atoms with Gasteiger partial charge in [0.25, 0.3) is 0 Å². The summed E-state index contributed by atoms with van der Waals surface area (Å²) in [7, 11) is 3.15. The van der Waals surface area contributed by atoms with E-state index in [1.807, 2.05) is 23.1 Å². The molecule has 11 heteroatoms. The Morgan fingerprint density at radius 3 is 2.54 bits per heavy atom. The Bertz CT molecular complexity index is 1270. The van der Waals surface area contributed by atoms with Crippen molar-refractivity contribution >= 4 is 24.0 Å². The molecule has 11 nitrogen and oxygen atoms in total. The van der Waals surface area contributed by atoms with Crippen LogP contribution in [0.2, 0.25) is 0 Å². The zero-order valence-corrected chi connectivity index (χ0v) is 19.4. The molecule has 0 unspecified atom stereocenters. The molecule has 0 radical (unpaired) electrons. The highest BCUT2D eigenvalue weighted by Gasteiger charge is 2.22. The minimum Gasteiger partial charge on any atom is -0.480 e. The molecule has 1 aliphatic heterocycles. The van der Waals surface area contributed by atoms with E-state index in [4.69, 9.17) is 4.74 Å². The van der Waals surface area contributed by atoms with Crippen molar-refractivity contribution in [2.24, 2.45) is 0 Å². The monoisotopic (exact) mass is 478 g/mol. The number of hydrogen-bond donors (Lipinski definition) is 3. The van der Waals surface area contributed by atoms with Gasteiger partial charge in [-0.1, -0.05) is 36.4 Å². The largest absolute Gasteiger partial charge is 0.480 e. The predicted octanol–water partition coefficient (Wildman–Crippen LogP) is 1.90. The lowest BCUT2D eigenvalue weighted by atomic mass is 10.0. The van der Waals surface area contributed by atoms with Crippen molar-refractivity contribution in [1.82, 2.24) is 19.9 Å². The number of rotatable bonds is 7. The highest BCUT2D eigenvalue weighted by molar-refractivity contribution is 5.77. The summed E-state index contributed by atoms with van der Waals surface area (Å²) >= 11 is 0. The number of aliphatic carboxylic acids is 1. The van der Waals surface area contributed by atoms with Crippen LogP contribution in [0.1, 0.15) is 16.7 Å². The topological polar surface area (TPSA) is 141 Å². The molecular weight excluding hydrogens is 452 g/mol. The van der Waals surface area contributed by atoms with Crippen LogP contribution in [0, 0.1) is 0 Å². The van der Waals surface area contributed by atoms with Crippen molar-refractivity contribution in [3.05, 3.63) is 75.7 Å². The molecule has 0 aliphatic carbocycles. The van der Waals surface area contributed by atoms with Crippen LogP contribution in [-0.2, 0) is 24.2 Å². The maximum absolute atomic E-state index is 12.2. The van der Waals surface area contributed by atoms with Gasteiger partial charge in [-0.2, -0.15) is 9.97 Å². The number of carbonyl (C=O) groups is 2. The van der Waals surface area contributed by atoms with Crippen molar-refractivity contribution in [2.75, 3.05) is 30.9 Å². The number of aromatic nitrogens is 3. The van der Waals surface area contributed by atoms with Gasteiger partial charge in [0.05, 0.1) is 0 Å². The molecule has 0 fully saturated rings. The van der Waals surface area contributed by atoms with Gasteiger partial charge in [-0.25, -0.2) is 14.4 Å². The standard InChI is InChI=1S/C24H26N6O5/c1-29(2)24(34)35-18-9-7-15(8-10-18)13-19(20(31)32)25-21-26-22(28-23(33)27-21)30-12-11-16-5-3-4-6-17(16)14-30/h3-10,19H,11-14H2,1-2H3,(H,31,32)(H2,25,26,27,28,33)/t19-/m0/s1. The molecule has 2 aromatic carbocycles. The van der Waals surface area contributed by atoms with Crippen molar-refractivity contribution in [3.8, 4) is 5.75 Å². The number of nitrogens with zero attached hydrogens (tertiary/aromatic N) is 4. The van der Waals surface area contributed by atoms with E-state index < -0.39 is 23.8 Å². The first-order valence-electron chi connectivity index (χ1n) is 11.1. The fraction of sp³-hybridized carbons (Fsp3) is 0.292. The van der Waals surface area contributed by atoms with Crippen molar-refractivity contribution in [3.63, 3.8) is 0 Å². The summed E-state index contributed by atoms with van der Waals surface area (Å²) in [6.07, 6.45) is 0.395. The molecule has 182 valence electrons. The minimum atomic E-state index is -1.11. The van der Waals surface area contributed by atoms with Gasteiger partial charge in [-0.15, -0.1) is 0 Å². The Kier molecular flexibility index (Phi) is 6.95. The van der Waals surface area contributed by atoms with E-state index in [0.717, 1.165) is 12.0 Å². The summed E-state index contributed by atoms with van der Waals surface area (Å²) in [5.74, 6) is -0.495. The van der Waals surface area contributed by atoms with Crippen LogP contribution in [0.4, 0.5) is 16.7 Å². The average Bonchev–Trinajstić information content (AvgIpc) is 2.84. The van der Waals surface area contributed by atoms with Crippen LogP contribution in [-0.4, -0.2) is 63.7 Å². The zero-order valence-electron chi connectivity index (χ0n) is 19.4. The molecule has 35 heavy (non-hydrogen) atoms. The van der Waals surface area contributed by atoms with Crippen LogP contribution >= 0.6 is 0 Å². The summed E-state index contributed by atoms with van der Waals surface area (Å²) in [6.45, 7) is 1.21. The molecule has 0 saturated carbocycles. The first kappa shape index (κ1) is 23.7. The number of carboxylic acid groups (broad SMARTS) is 1. The maximum Gasteiger partial charge on any atom is 0.414 e. The van der Waals surface area contributed by atoms with Gasteiger partial charge in [0.2, 0.25) is 11.9 Å². The molecule has 3 aromatic rings. The van der Waals surface area contributed by atoms with Crippen LogP contribution in [0.3, 0.4) is 0 Å². The molecule has 0 bridgehead atoms. The Labute approximate surface area is 201 Å². The van der Waals surface area contributed by atoms with Crippen LogP contribution < -0.4 is 20.6 Å². The maximum atomic E-state index is 12.2. The second kappa shape index (κ2) is 10.2. The Morgan fingerprint density at radius 1 is 1.14 bits per heavy atom. The number of carbonyl (C=O) groups excluding carboxylic acids is 1. The molecule has 4 rings (SSSR count). The molecule has 1 amide bonds. The Balaban J connectivity index is 1.47. The van der Waals surface area contributed by atoms with Crippen LogP contribution in [0.5, 0.6) is 5.75 Å². The van der Waals surface area contributed by atoms with Gasteiger partial charge in [-0.05, 0) is 35.2 Å². The van der Waals surface area contributed by atoms with Crippen molar-refractivity contribution < 1.29 is 19.4 Å². The third kappa shape index (κ3) is 5.94.